The summed E-state index contributed by atoms with van der Waals surface area (Å²) in [4.78, 5) is 29.2. The molecule has 0 radical (unpaired) electrons. The van der Waals surface area contributed by atoms with Crippen LogP contribution >= 0.6 is 0 Å². The molecule has 0 spiro atoms. The molecule has 0 saturated carbocycles. The van der Waals surface area contributed by atoms with Crippen molar-refractivity contribution in [3.63, 3.8) is 0 Å². The van der Waals surface area contributed by atoms with Gasteiger partial charge >= 0.3 is 6.03 Å². The molecular formula is C31H35N5O5. The van der Waals surface area contributed by atoms with Crippen molar-refractivity contribution in [1.82, 2.24) is 14.8 Å². The lowest BCUT2D eigenvalue weighted by Crippen LogP contribution is -2.21. The first kappa shape index (κ1) is 29.3. The largest absolute Gasteiger partial charge is 0.493 e. The summed E-state index contributed by atoms with van der Waals surface area (Å²) < 4.78 is 18.1. The van der Waals surface area contributed by atoms with Gasteiger partial charge < -0.3 is 19.5 Å². The van der Waals surface area contributed by atoms with E-state index in [9.17, 15) is 9.59 Å². The van der Waals surface area contributed by atoms with Gasteiger partial charge in [0.2, 0.25) is 0 Å². The van der Waals surface area contributed by atoms with E-state index in [2.05, 4.69) is 36.4 Å². The first-order chi connectivity index (χ1) is 19.5. The maximum atomic E-state index is 13.0. The number of methoxy groups -OCH3 is 2. The average molecular weight is 558 g/mol. The molecule has 2 heterocycles. The first-order valence-electron chi connectivity index (χ1n) is 13.1. The standard InChI is InChI=1S/C31H35N5O5/c1-20-7-10-23(11-8-20)36-29(18-28(35-36)31(2,3)4)34-30(38)33-21-9-12-26(27(17-21)40-6)41-25-13-14-32-22(16-25)15-24(37)19-39-5/h7-14,16-18H,15,19H2,1-6H3,(H2,33,34,38). The molecule has 2 aromatic carbocycles. The predicted octanol–water partition coefficient (Wildman–Crippen LogP) is 6.08. The van der Waals surface area contributed by atoms with Crippen molar-refractivity contribution < 1.29 is 23.8 Å². The Morgan fingerprint density at radius 2 is 1.68 bits per heavy atom. The molecule has 10 nitrogen and oxygen atoms in total. The van der Waals surface area contributed by atoms with Crippen molar-refractivity contribution in [2.24, 2.45) is 0 Å². The summed E-state index contributed by atoms with van der Waals surface area (Å²) in [5.74, 6) is 1.80. The van der Waals surface area contributed by atoms with Crippen LogP contribution in [0, 0.1) is 6.92 Å². The van der Waals surface area contributed by atoms with Gasteiger partial charge in [-0.1, -0.05) is 38.5 Å². The zero-order valence-electron chi connectivity index (χ0n) is 24.1. The van der Waals surface area contributed by atoms with Gasteiger partial charge in [-0.05, 0) is 37.3 Å². The summed E-state index contributed by atoms with van der Waals surface area (Å²) in [7, 11) is 2.99. The number of Topliss-reactive ketones (excluding diaryl/α,β-unsaturated/α-hetero) is 1. The van der Waals surface area contributed by atoms with Gasteiger partial charge in [-0.3, -0.25) is 15.1 Å². The van der Waals surface area contributed by atoms with Crippen molar-refractivity contribution in [2.75, 3.05) is 31.5 Å². The average Bonchev–Trinajstić information content (AvgIpc) is 3.34. The van der Waals surface area contributed by atoms with E-state index in [0.29, 0.717) is 34.4 Å². The Bertz CT molecular complexity index is 1520. The van der Waals surface area contributed by atoms with E-state index >= 15 is 0 Å². The third kappa shape index (κ3) is 7.70. The highest BCUT2D eigenvalue weighted by atomic mass is 16.5. The van der Waals surface area contributed by atoms with Crippen molar-refractivity contribution >= 4 is 23.3 Å². The second-order valence-corrected chi connectivity index (χ2v) is 10.6. The summed E-state index contributed by atoms with van der Waals surface area (Å²) in [6.07, 6.45) is 1.71. The van der Waals surface area contributed by atoms with Crippen molar-refractivity contribution in [3.05, 3.63) is 83.8 Å². The minimum absolute atomic E-state index is 0.0225. The number of nitrogens with one attached hydrogen (secondary N) is 2. The normalized spacial score (nSPS) is 11.2. The number of pyridine rings is 1. The van der Waals surface area contributed by atoms with Gasteiger partial charge in [-0.2, -0.15) is 5.10 Å². The minimum Gasteiger partial charge on any atom is -0.493 e. The Hall–Kier alpha value is -4.70. The second kappa shape index (κ2) is 12.6. The molecule has 0 fully saturated rings. The summed E-state index contributed by atoms with van der Waals surface area (Å²) in [5.41, 5.74) is 3.68. The van der Waals surface area contributed by atoms with Crippen molar-refractivity contribution in [2.45, 2.75) is 39.5 Å². The lowest BCUT2D eigenvalue weighted by molar-refractivity contribution is -0.122. The Morgan fingerprint density at radius 3 is 2.37 bits per heavy atom. The second-order valence-electron chi connectivity index (χ2n) is 10.6. The number of aromatic nitrogens is 3. The number of nitrogens with zero attached hydrogens (tertiary/aromatic N) is 3. The molecule has 2 N–H and O–H groups in total. The van der Waals surface area contributed by atoms with Gasteiger partial charge in [0.25, 0.3) is 0 Å². The highest BCUT2D eigenvalue weighted by molar-refractivity contribution is 5.99. The Morgan fingerprint density at radius 1 is 0.927 bits per heavy atom. The van der Waals surface area contributed by atoms with Crippen LogP contribution in [0.15, 0.2) is 66.9 Å². The molecule has 2 amide bonds. The lowest BCUT2D eigenvalue weighted by Gasteiger charge is -2.14. The van der Waals surface area contributed by atoms with E-state index in [1.54, 1.807) is 41.2 Å². The van der Waals surface area contributed by atoms with E-state index in [0.717, 1.165) is 16.9 Å². The number of urea groups is 1. The summed E-state index contributed by atoms with van der Waals surface area (Å²) in [5, 5.41) is 10.5. The van der Waals surface area contributed by atoms with Crippen LogP contribution in [-0.4, -0.2) is 47.4 Å². The molecule has 214 valence electrons. The third-order valence-electron chi connectivity index (χ3n) is 6.12. The molecule has 0 unspecified atom stereocenters. The summed E-state index contributed by atoms with van der Waals surface area (Å²) in [6.45, 7) is 8.26. The van der Waals surface area contributed by atoms with E-state index in [-0.39, 0.29) is 24.2 Å². The number of benzene rings is 2. The third-order valence-corrected chi connectivity index (χ3v) is 6.12. The molecule has 0 saturated heterocycles. The maximum Gasteiger partial charge on any atom is 0.324 e. The predicted molar refractivity (Wildman–Crippen MR) is 158 cm³/mol. The van der Waals surface area contributed by atoms with Gasteiger partial charge in [0.15, 0.2) is 17.3 Å². The van der Waals surface area contributed by atoms with Crippen LogP contribution < -0.4 is 20.1 Å². The Kier molecular flexibility index (Phi) is 9.04. The number of hydrogen-bond donors (Lipinski definition) is 2. The van der Waals surface area contributed by atoms with E-state index < -0.39 is 6.03 Å². The quantitative estimate of drug-likeness (QED) is 0.243. The molecule has 41 heavy (non-hydrogen) atoms. The fourth-order valence-corrected chi connectivity index (χ4v) is 3.98. The van der Waals surface area contributed by atoms with Gasteiger partial charge in [-0.25, -0.2) is 9.48 Å². The molecule has 2 aromatic heterocycles. The zero-order valence-corrected chi connectivity index (χ0v) is 24.1. The Labute approximate surface area is 239 Å². The fourth-order valence-electron chi connectivity index (χ4n) is 3.98. The number of carbonyl (C=O) groups is 2. The number of carbonyl (C=O) groups excluding carboxylic acids is 2. The molecule has 0 aliphatic rings. The van der Waals surface area contributed by atoms with Crippen LogP contribution in [0.1, 0.15) is 37.7 Å². The van der Waals surface area contributed by atoms with Crippen LogP contribution in [-0.2, 0) is 21.4 Å². The van der Waals surface area contributed by atoms with Gasteiger partial charge in [0.05, 0.1) is 30.6 Å². The maximum absolute atomic E-state index is 13.0. The van der Waals surface area contributed by atoms with Gasteiger partial charge in [-0.15, -0.1) is 0 Å². The SMILES string of the molecule is COCC(=O)Cc1cc(Oc2ccc(NC(=O)Nc3cc(C(C)(C)C)nn3-c3ccc(C)cc3)cc2OC)ccn1. The van der Waals surface area contributed by atoms with Crippen LogP contribution in [0.25, 0.3) is 5.69 Å². The molecule has 4 rings (SSSR count). The summed E-state index contributed by atoms with van der Waals surface area (Å²) >= 11 is 0. The number of anilines is 2. The van der Waals surface area contributed by atoms with E-state index in [1.807, 2.05) is 37.3 Å². The van der Waals surface area contributed by atoms with Crippen LogP contribution in [0.4, 0.5) is 16.3 Å². The van der Waals surface area contributed by atoms with Gasteiger partial charge in [0.1, 0.15) is 18.2 Å². The Balaban J connectivity index is 1.49. The number of ether oxygens (including phenoxy) is 3. The number of amides is 2. The molecule has 0 atom stereocenters. The van der Waals surface area contributed by atoms with Gasteiger partial charge in [0, 0.05) is 42.6 Å². The zero-order chi connectivity index (χ0) is 29.6. The number of aryl methyl sites for hydroxylation is 1. The molecular weight excluding hydrogens is 522 g/mol. The van der Waals surface area contributed by atoms with Crippen molar-refractivity contribution in [1.29, 1.82) is 0 Å². The monoisotopic (exact) mass is 557 g/mol. The topological polar surface area (TPSA) is 117 Å². The first-order valence-corrected chi connectivity index (χ1v) is 13.1. The minimum atomic E-state index is -0.436. The highest BCUT2D eigenvalue weighted by Crippen LogP contribution is 2.34. The van der Waals surface area contributed by atoms with Crippen LogP contribution in [0.3, 0.4) is 0 Å². The molecule has 0 aliphatic carbocycles. The highest BCUT2D eigenvalue weighted by Gasteiger charge is 2.22. The van der Waals surface area contributed by atoms with E-state index in [1.165, 1.54) is 14.2 Å². The van der Waals surface area contributed by atoms with Crippen LogP contribution in [0.2, 0.25) is 0 Å². The molecule has 0 aliphatic heterocycles. The van der Waals surface area contributed by atoms with Crippen LogP contribution in [0.5, 0.6) is 17.2 Å². The number of ketones is 1. The molecule has 4 aromatic rings. The lowest BCUT2D eigenvalue weighted by atomic mass is 9.92. The summed E-state index contributed by atoms with van der Waals surface area (Å²) in [6, 6.07) is 17.8. The smallest absolute Gasteiger partial charge is 0.324 e. The molecule has 10 heteroatoms. The molecule has 0 bridgehead atoms. The van der Waals surface area contributed by atoms with E-state index in [4.69, 9.17) is 19.3 Å². The number of hydrogen-bond acceptors (Lipinski definition) is 7. The van der Waals surface area contributed by atoms with Crippen molar-refractivity contribution in [3.8, 4) is 22.9 Å². The number of rotatable bonds is 10. The fraction of sp³-hybridized carbons (Fsp3) is 0.290.